The lowest BCUT2D eigenvalue weighted by atomic mass is 10.1. The summed E-state index contributed by atoms with van der Waals surface area (Å²) in [5.74, 6) is 0. The molecule has 1 nitrogen and oxygen atoms in total. The van der Waals surface area contributed by atoms with Crippen molar-refractivity contribution in [2.45, 2.75) is 65.6 Å². The third-order valence-corrected chi connectivity index (χ3v) is 2.01. The predicted octanol–water partition coefficient (Wildman–Crippen LogP) is 3.38. The standard InChI is InChI=1S/C8H16O.C2H6/c1-4-7-5-6-8(2,3)9-7;1-2/h7H,4-6H2,1-3H3;1-2H3. The van der Waals surface area contributed by atoms with E-state index in [-0.39, 0.29) is 5.60 Å². The minimum absolute atomic E-state index is 0.167. The Hall–Kier alpha value is -0.0400. The van der Waals surface area contributed by atoms with E-state index in [2.05, 4.69) is 20.8 Å². The van der Waals surface area contributed by atoms with Crippen molar-refractivity contribution in [2.75, 3.05) is 0 Å². The number of rotatable bonds is 1. The van der Waals surface area contributed by atoms with Gasteiger partial charge in [0.2, 0.25) is 0 Å². The molecule has 0 N–H and O–H groups in total. The van der Waals surface area contributed by atoms with E-state index in [1.807, 2.05) is 13.8 Å². The van der Waals surface area contributed by atoms with Crippen LogP contribution in [-0.2, 0) is 4.74 Å². The van der Waals surface area contributed by atoms with Crippen molar-refractivity contribution in [3.8, 4) is 0 Å². The molecular formula is C10H22O. The average molecular weight is 158 g/mol. The Bertz CT molecular complexity index is 97.0. The Labute approximate surface area is 71.1 Å². The first-order valence-corrected chi connectivity index (χ1v) is 4.82. The molecule has 0 aromatic carbocycles. The highest BCUT2D eigenvalue weighted by molar-refractivity contribution is 4.79. The zero-order valence-corrected chi connectivity index (χ0v) is 8.61. The first-order valence-electron chi connectivity index (χ1n) is 4.82. The summed E-state index contributed by atoms with van der Waals surface area (Å²) in [6.07, 6.45) is 4.19. The molecule has 1 aliphatic heterocycles. The van der Waals surface area contributed by atoms with Gasteiger partial charge >= 0.3 is 0 Å². The fraction of sp³-hybridized carbons (Fsp3) is 1.00. The van der Waals surface area contributed by atoms with Gasteiger partial charge < -0.3 is 4.74 Å². The Balaban J connectivity index is 0.000000461. The van der Waals surface area contributed by atoms with Crippen LogP contribution in [0.5, 0.6) is 0 Å². The smallest absolute Gasteiger partial charge is 0.0631 e. The first kappa shape index (κ1) is 11.0. The van der Waals surface area contributed by atoms with Gasteiger partial charge in [0, 0.05) is 0 Å². The van der Waals surface area contributed by atoms with E-state index < -0.39 is 0 Å². The molecule has 1 unspecified atom stereocenters. The van der Waals surface area contributed by atoms with E-state index in [1.165, 1.54) is 19.3 Å². The van der Waals surface area contributed by atoms with Gasteiger partial charge in [-0.1, -0.05) is 20.8 Å². The van der Waals surface area contributed by atoms with E-state index in [0.717, 1.165) is 0 Å². The maximum Gasteiger partial charge on any atom is 0.0631 e. The predicted molar refractivity (Wildman–Crippen MR) is 49.8 cm³/mol. The molecule has 1 rings (SSSR count). The molecule has 0 spiro atoms. The largest absolute Gasteiger partial charge is 0.372 e. The molecule has 1 fully saturated rings. The highest BCUT2D eigenvalue weighted by Gasteiger charge is 2.29. The van der Waals surface area contributed by atoms with Crippen molar-refractivity contribution in [1.82, 2.24) is 0 Å². The van der Waals surface area contributed by atoms with Gasteiger partial charge in [0.05, 0.1) is 11.7 Å². The summed E-state index contributed by atoms with van der Waals surface area (Å²) in [7, 11) is 0. The minimum Gasteiger partial charge on any atom is -0.372 e. The molecule has 0 amide bonds. The zero-order chi connectivity index (χ0) is 8.91. The van der Waals surface area contributed by atoms with Crippen LogP contribution < -0.4 is 0 Å². The van der Waals surface area contributed by atoms with Crippen molar-refractivity contribution in [2.24, 2.45) is 0 Å². The fourth-order valence-corrected chi connectivity index (χ4v) is 1.37. The van der Waals surface area contributed by atoms with Gasteiger partial charge in [-0.15, -0.1) is 0 Å². The van der Waals surface area contributed by atoms with E-state index >= 15 is 0 Å². The molecule has 0 radical (unpaired) electrons. The Kier molecular flexibility index (Phi) is 4.74. The topological polar surface area (TPSA) is 9.23 Å². The lowest BCUT2D eigenvalue weighted by Gasteiger charge is -2.18. The molecule has 1 atom stereocenters. The normalized spacial score (nSPS) is 27.5. The van der Waals surface area contributed by atoms with Crippen LogP contribution in [0.4, 0.5) is 0 Å². The molecule has 11 heavy (non-hydrogen) atoms. The molecule has 1 aliphatic rings. The second kappa shape index (κ2) is 4.76. The first-order chi connectivity index (χ1) is 5.14. The van der Waals surface area contributed by atoms with Gasteiger partial charge in [-0.3, -0.25) is 0 Å². The molecule has 1 heterocycles. The summed E-state index contributed by atoms with van der Waals surface area (Å²) < 4.78 is 5.70. The van der Waals surface area contributed by atoms with Crippen LogP contribution in [0.3, 0.4) is 0 Å². The second-order valence-electron chi connectivity index (χ2n) is 3.45. The van der Waals surface area contributed by atoms with Crippen molar-refractivity contribution in [1.29, 1.82) is 0 Å². The van der Waals surface area contributed by atoms with E-state index in [1.54, 1.807) is 0 Å². The zero-order valence-electron chi connectivity index (χ0n) is 8.61. The summed E-state index contributed by atoms with van der Waals surface area (Å²) in [5, 5.41) is 0. The second-order valence-corrected chi connectivity index (χ2v) is 3.45. The van der Waals surface area contributed by atoms with Gasteiger partial charge in [0.1, 0.15) is 0 Å². The molecule has 0 saturated carbocycles. The van der Waals surface area contributed by atoms with Crippen molar-refractivity contribution in [3.63, 3.8) is 0 Å². The summed E-state index contributed by atoms with van der Waals surface area (Å²) in [6.45, 7) is 10.5. The Morgan fingerprint density at radius 1 is 1.36 bits per heavy atom. The van der Waals surface area contributed by atoms with Gasteiger partial charge in [-0.25, -0.2) is 0 Å². The number of hydrogen-bond acceptors (Lipinski definition) is 1. The molecule has 0 aliphatic carbocycles. The monoisotopic (exact) mass is 158 g/mol. The van der Waals surface area contributed by atoms with Crippen molar-refractivity contribution in [3.05, 3.63) is 0 Å². The lowest BCUT2D eigenvalue weighted by molar-refractivity contribution is -0.0162. The Morgan fingerprint density at radius 3 is 2.09 bits per heavy atom. The van der Waals surface area contributed by atoms with Crippen LogP contribution in [-0.4, -0.2) is 11.7 Å². The highest BCUT2D eigenvalue weighted by Crippen LogP contribution is 2.30. The van der Waals surface area contributed by atoms with Crippen LogP contribution in [0.15, 0.2) is 0 Å². The summed E-state index contributed by atoms with van der Waals surface area (Å²) in [6, 6.07) is 0. The molecule has 68 valence electrons. The fourth-order valence-electron chi connectivity index (χ4n) is 1.37. The quantitative estimate of drug-likeness (QED) is 0.568. The summed E-state index contributed by atoms with van der Waals surface area (Å²) in [5.41, 5.74) is 0.167. The van der Waals surface area contributed by atoms with Gasteiger partial charge in [0.25, 0.3) is 0 Å². The third-order valence-electron chi connectivity index (χ3n) is 2.01. The van der Waals surface area contributed by atoms with Gasteiger partial charge in [-0.05, 0) is 33.1 Å². The van der Waals surface area contributed by atoms with Crippen LogP contribution >= 0.6 is 0 Å². The lowest BCUT2D eigenvalue weighted by Crippen LogP contribution is -2.19. The summed E-state index contributed by atoms with van der Waals surface area (Å²) >= 11 is 0. The van der Waals surface area contributed by atoms with Crippen LogP contribution in [0.2, 0.25) is 0 Å². The van der Waals surface area contributed by atoms with Gasteiger partial charge in [0.15, 0.2) is 0 Å². The molecule has 0 aromatic heterocycles. The molecule has 1 saturated heterocycles. The van der Waals surface area contributed by atoms with E-state index in [0.29, 0.717) is 6.10 Å². The number of hydrogen-bond donors (Lipinski definition) is 0. The summed E-state index contributed by atoms with van der Waals surface area (Å²) in [4.78, 5) is 0. The Morgan fingerprint density at radius 2 is 1.91 bits per heavy atom. The van der Waals surface area contributed by atoms with E-state index in [9.17, 15) is 0 Å². The van der Waals surface area contributed by atoms with Crippen molar-refractivity contribution >= 4 is 0 Å². The third kappa shape index (κ3) is 3.76. The average Bonchev–Trinajstić information content (AvgIpc) is 2.34. The minimum atomic E-state index is 0.167. The maximum absolute atomic E-state index is 5.70. The molecule has 0 aromatic rings. The number of ether oxygens (including phenoxy) is 1. The van der Waals surface area contributed by atoms with Crippen LogP contribution in [0.25, 0.3) is 0 Å². The van der Waals surface area contributed by atoms with Crippen molar-refractivity contribution < 1.29 is 4.74 Å². The SMILES string of the molecule is CC.CCC1CCC(C)(C)O1. The molecule has 0 bridgehead atoms. The highest BCUT2D eigenvalue weighted by atomic mass is 16.5. The van der Waals surface area contributed by atoms with E-state index in [4.69, 9.17) is 4.74 Å². The molecule has 1 heteroatoms. The van der Waals surface area contributed by atoms with Crippen LogP contribution in [0.1, 0.15) is 53.9 Å². The molecular weight excluding hydrogens is 136 g/mol. The van der Waals surface area contributed by atoms with Crippen LogP contribution in [0, 0.1) is 0 Å². The maximum atomic E-state index is 5.70. The van der Waals surface area contributed by atoms with Gasteiger partial charge in [-0.2, -0.15) is 0 Å².